The quantitative estimate of drug-likeness (QED) is 0.625. The highest BCUT2D eigenvalue weighted by Crippen LogP contribution is 2.37. The third-order valence-electron chi connectivity index (χ3n) is 4.52. The van der Waals surface area contributed by atoms with Gasteiger partial charge in [-0.25, -0.2) is 0 Å². The van der Waals surface area contributed by atoms with Crippen LogP contribution in [0.2, 0.25) is 0 Å². The van der Waals surface area contributed by atoms with Crippen molar-refractivity contribution in [3.8, 4) is 5.75 Å². The lowest BCUT2D eigenvalue weighted by Gasteiger charge is -2.37. The molecule has 124 valence electrons. The van der Waals surface area contributed by atoms with Crippen LogP contribution in [0, 0.1) is 5.92 Å². The van der Waals surface area contributed by atoms with E-state index in [2.05, 4.69) is 15.9 Å². The van der Waals surface area contributed by atoms with Crippen molar-refractivity contribution in [3.05, 3.63) is 36.1 Å². The van der Waals surface area contributed by atoms with E-state index in [0.717, 1.165) is 43.2 Å². The van der Waals surface area contributed by atoms with Crippen molar-refractivity contribution >= 4 is 27.3 Å². The van der Waals surface area contributed by atoms with Gasteiger partial charge < -0.3 is 14.6 Å². The van der Waals surface area contributed by atoms with Gasteiger partial charge in [0.05, 0.1) is 23.9 Å². The minimum Gasteiger partial charge on any atom is -0.508 e. The molecule has 0 aromatic heterocycles. The van der Waals surface area contributed by atoms with Crippen molar-refractivity contribution in [1.29, 1.82) is 0 Å². The standard InChI is InChI=1S/C18H21BrO4/c19-8-1-9-22-14-6-7-15-17(10-14)23-11-16(18(15)21)12-2-4-13(20)5-3-12/h2-5,11,14-15,17,20H,1,6-10H2. The summed E-state index contributed by atoms with van der Waals surface area (Å²) in [6, 6.07) is 6.67. The lowest BCUT2D eigenvalue weighted by Crippen LogP contribution is -2.41. The lowest BCUT2D eigenvalue weighted by molar-refractivity contribution is -0.128. The van der Waals surface area contributed by atoms with Crippen LogP contribution in [0.5, 0.6) is 5.75 Å². The van der Waals surface area contributed by atoms with Gasteiger partial charge in [0.15, 0.2) is 5.78 Å². The van der Waals surface area contributed by atoms with E-state index in [0.29, 0.717) is 5.57 Å². The van der Waals surface area contributed by atoms with Gasteiger partial charge in [-0.05, 0) is 37.0 Å². The summed E-state index contributed by atoms with van der Waals surface area (Å²) in [7, 11) is 0. The van der Waals surface area contributed by atoms with Crippen LogP contribution in [0.25, 0.3) is 5.57 Å². The molecule has 3 unspecified atom stereocenters. The molecule has 3 atom stereocenters. The van der Waals surface area contributed by atoms with Crippen molar-refractivity contribution < 1.29 is 19.4 Å². The van der Waals surface area contributed by atoms with E-state index in [1.165, 1.54) is 0 Å². The Morgan fingerprint density at radius 3 is 2.78 bits per heavy atom. The summed E-state index contributed by atoms with van der Waals surface area (Å²) in [6.07, 6.45) is 5.17. The molecule has 5 heteroatoms. The summed E-state index contributed by atoms with van der Waals surface area (Å²) in [5.74, 6) is 0.253. The second-order valence-corrected chi connectivity index (χ2v) is 6.87. The number of carbonyl (C=O) groups excluding carboxylic acids is 1. The van der Waals surface area contributed by atoms with Crippen LogP contribution in [0.15, 0.2) is 30.5 Å². The molecule has 1 fully saturated rings. The highest BCUT2D eigenvalue weighted by molar-refractivity contribution is 9.09. The monoisotopic (exact) mass is 380 g/mol. The zero-order valence-electron chi connectivity index (χ0n) is 12.9. The number of alkyl halides is 1. The summed E-state index contributed by atoms with van der Waals surface area (Å²) in [5.41, 5.74) is 1.40. The number of phenols is 1. The molecule has 0 radical (unpaired) electrons. The maximum atomic E-state index is 12.8. The van der Waals surface area contributed by atoms with Crippen molar-refractivity contribution in [2.24, 2.45) is 5.92 Å². The Morgan fingerprint density at radius 1 is 1.26 bits per heavy atom. The molecule has 0 spiro atoms. The smallest absolute Gasteiger partial charge is 0.173 e. The van der Waals surface area contributed by atoms with Crippen molar-refractivity contribution in [3.63, 3.8) is 0 Å². The van der Waals surface area contributed by atoms with Gasteiger partial charge in [-0.15, -0.1) is 0 Å². The summed E-state index contributed by atoms with van der Waals surface area (Å²) in [4.78, 5) is 12.8. The van der Waals surface area contributed by atoms with E-state index in [-0.39, 0.29) is 29.7 Å². The number of Topliss-reactive ketones (excluding diaryl/α,β-unsaturated/α-hetero) is 1. The molecule has 1 aromatic carbocycles. The molecule has 1 saturated carbocycles. The molecule has 1 aliphatic carbocycles. The third-order valence-corrected chi connectivity index (χ3v) is 5.08. The molecular weight excluding hydrogens is 360 g/mol. The van der Waals surface area contributed by atoms with Crippen LogP contribution in [-0.4, -0.2) is 35.0 Å². The number of phenolic OH excluding ortho intramolecular Hbond substituents is 1. The maximum Gasteiger partial charge on any atom is 0.173 e. The Morgan fingerprint density at radius 2 is 2.04 bits per heavy atom. The Labute approximate surface area is 144 Å². The molecule has 23 heavy (non-hydrogen) atoms. The first kappa shape index (κ1) is 16.5. The molecule has 1 heterocycles. The number of aromatic hydroxyl groups is 1. The van der Waals surface area contributed by atoms with Crippen LogP contribution in [0.4, 0.5) is 0 Å². The minimum absolute atomic E-state index is 0.0777. The molecular formula is C18H21BrO4. The predicted octanol–water partition coefficient (Wildman–Crippen LogP) is 3.67. The van der Waals surface area contributed by atoms with Gasteiger partial charge >= 0.3 is 0 Å². The maximum absolute atomic E-state index is 12.8. The average Bonchev–Trinajstić information content (AvgIpc) is 2.56. The molecule has 3 rings (SSSR count). The van der Waals surface area contributed by atoms with Gasteiger partial charge in [0.2, 0.25) is 0 Å². The Kier molecular flexibility index (Phi) is 5.38. The van der Waals surface area contributed by atoms with E-state index in [9.17, 15) is 9.90 Å². The molecule has 0 saturated heterocycles. The van der Waals surface area contributed by atoms with E-state index < -0.39 is 0 Å². The van der Waals surface area contributed by atoms with E-state index in [1.807, 2.05) is 0 Å². The fourth-order valence-corrected chi connectivity index (χ4v) is 3.49. The van der Waals surface area contributed by atoms with Crippen LogP contribution >= 0.6 is 15.9 Å². The fraction of sp³-hybridized carbons (Fsp3) is 0.500. The number of rotatable bonds is 5. The molecule has 0 bridgehead atoms. The van der Waals surface area contributed by atoms with Gasteiger partial charge in [-0.1, -0.05) is 28.1 Å². The number of allylic oxidation sites excluding steroid dienone is 1. The molecule has 0 amide bonds. The largest absolute Gasteiger partial charge is 0.508 e. The number of hydrogen-bond acceptors (Lipinski definition) is 4. The first-order chi connectivity index (χ1) is 11.2. The highest BCUT2D eigenvalue weighted by Gasteiger charge is 2.40. The summed E-state index contributed by atoms with van der Waals surface area (Å²) >= 11 is 3.40. The van der Waals surface area contributed by atoms with Crippen LogP contribution in [0.3, 0.4) is 0 Å². The number of benzene rings is 1. The first-order valence-corrected chi connectivity index (χ1v) is 9.18. The summed E-state index contributed by atoms with van der Waals surface area (Å²) < 4.78 is 11.7. The van der Waals surface area contributed by atoms with Crippen LogP contribution < -0.4 is 0 Å². The lowest BCUT2D eigenvalue weighted by atomic mass is 9.78. The van der Waals surface area contributed by atoms with Crippen molar-refractivity contribution in [1.82, 2.24) is 0 Å². The number of ketones is 1. The molecule has 1 N–H and O–H groups in total. The number of fused-ring (bicyclic) bond motifs is 1. The number of ether oxygens (including phenoxy) is 2. The molecule has 1 aromatic rings. The second-order valence-electron chi connectivity index (χ2n) is 6.07. The third kappa shape index (κ3) is 3.78. The molecule has 4 nitrogen and oxygen atoms in total. The zero-order chi connectivity index (χ0) is 16.2. The fourth-order valence-electron chi connectivity index (χ4n) is 3.26. The summed E-state index contributed by atoms with van der Waals surface area (Å²) in [5, 5.41) is 10.3. The topological polar surface area (TPSA) is 55.8 Å². The normalized spacial score (nSPS) is 27.1. The Balaban J connectivity index is 1.66. The SMILES string of the molecule is O=C1C(c2ccc(O)cc2)=COC2CC(OCCCBr)CCC12. The van der Waals surface area contributed by atoms with Gasteiger partial charge in [0.25, 0.3) is 0 Å². The average molecular weight is 381 g/mol. The van der Waals surface area contributed by atoms with Crippen molar-refractivity contribution in [2.45, 2.75) is 37.9 Å². The second kappa shape index (κ2) is 7.49. The van der Waals surface area contributed by atoms with Gasteiger partial charge in [-0.2, -0.15) is 0 Å². The molecule has 2 aliphatic rings. The van der Waals surface area contributed by atoms with Gasteiger partial charge in [0, 0.05) is 18.4 Å². The van der Waals surface area contributed by atoms with Gasteiger partial charge in [-0.3, -0.25) is 4.79 Å². The van der Waals surface area contributed by atoms with E-state index in [1.54, 1.807) is 30.5 Å². The van der Waals surface area contributed by atoms with Crippen molar-refractivity contribution in [2.75, 3.05) is 11.9 Å². The summed E-state index contributed by atoms with van der Waals surface area (Å²) in [6.45, 7) is 0.746. The number of halogens is 1. The minimum atomic E-state index is -0.0835. The molecule has 1 aliphatic heterocycles. The Bertz CT molecular complexity index is 581. The first-order valence-electron chi connectivity index (χ1n) is 8.06. The number of hydrogen-bond donors (Lipinski definition) is 1. The highest BCUT2D eigenvalue weighted by atomic mass is 79.9. The van der Waals surface area contributed by atoms with E-state index in [4.69, 9.17) is 9.47 Å². The Hall–Kier alpha value is -1.33. The van der Waals surface area contributed by atoms with Gasteiger partial charge in [0.1, 0.15) is 11.9 Å². The van der Waals surface area contributed by atoms with Crippen LogP contribution in [0.1, 0.15) is 31.2 Å². The predicted molar refractivity (Wildman–Crippen MR) is 91.5 cm³/mol. The zero-order valence-corrected chi connectivity index (χ0v) is 14.5. The number of carbonyl (C=O) groups is 1. The van der Waals surface area contributed by atoms with Crippen LogP contribution in [-0.2, 0) is 14.3 Å². The van der Waals surface area contributed by atoms with E-state index >= 15 is 0 Å².